The highest BCUT2D eigenvalue weighted by molar-refractivity contribution is 9.10. The summed E-state index contributed by atoms with van der Waals surface area (Å²) in [5, 5.41) is 0.509. The van der Waals surface area contributed by atoms with Gasteiger partial charge in [-0.2, -0.15) is 0 Å². The average molecular weight is 377 g/mol. The Morgan fingerprint density at radius 1 is 1.24 bits per heavy atom. The molecule has 0 spiro atoms. The van der Waals surface area contributed by atoms with Crippen LogP contribution in [-0.4, -0.2) is 7.11 Å². The molecule has 0 aliphatic heterocycles. The van der Waals surface area contributed by atoms with Crippen LogP contribution in [0.3, 0.4) is 0 Å². The topological polar surface area (TPSA) is 35.2 Å². The Hall–Kier alpha value is -1.17. The third kappa shape index (κ3) is 3.73. The van der Waals surface area contributed by atoms with Gasteiger partial charge in [-0.1, -0.05) is 27.5 Å². The number of hydrogen-bond acceptors (Lipinski definition) is 2. The number of rotatable bonds is 4. The molecule has 2 aromatic rings. The molecule has 0 saturated heterocycles. The molecule has 0 amide bonds. The van der Waals surface area contributed by atoms with Crippen LogP contribution < -0.4 is 10.5 Å². The van der Waals surface area contributed by atoms with E-state index in [-0.39, 0.29) is 12.0 Å². The van der Waals surface area contributed by atoms with Crippen LogP contribution >= 0.6 is 27.5 Å². The van der Waals surface area contributed by atoms with Gasteiger partial charge >= 0.3 is 0 Å². The lowest BCUT2D eigenvalue weighted by atomic mass is 9.98. The van der Waals surface area contributed by atoms with Gasteiger partial charge in [0.25, 0.3) is 0 Å². The predicted octanol–water partition coefficient (Wildman–Crippen LogP) is 4.63. The highest BCUT2D eigenvalue weighted by Gasteiger charge is 2.19. The fourth-order valence-corrected chi connectivity index (χ4v) is 2.75. The molecule has 0 heterocycles. The molecule has 0 saturated carbocycles. The van der Waals surface area contributed by atoms with Gasteiger partial charge in [-0.05, 0) is 42.3 Å². The Balaban J connectivity index is 2.34. The van der Waals surface area contributed by atoms with Crippen LogP contribution in [-0.2, 0) is 6.42 Å². The summed E-state index contributed by atoms with van der Waals surface area (Å²) in [4.78, 5) is 0. The van der Waals surface area contributed by atoms with Gasteiger partial charge in [-0.25, -0.2) is 8.78 Å². The van der Waals surface area contributed by atoms with Crippen LogP contribution in [0.5, 0.6) is 5.75 Å². The number of methoxy groups -OCH3 is 1. The van der Waals surface area contributed by atoms with E-state index in [1.165, 1.54) is 19.2 Å². The van der Waals surface area contributed by atoms with Gasteiger partial charge in [0.1, 0.15) is 17.4 Å². The zero-order valence-electron chi connectivity index (χ0n) is 11.2. The fraction of sp³-hybridized carbons (Fsp3) is 0.200. The van der Waals surface area contributed by atoms with E-state index in [0.29, 0.717) is 20.8 Å². The van der Waals surface area contributed by atoms with E-state index < -0.39 is 17.7 Å². The summed E-state index contributed by atoms with van der Waals surface area (Å²) in [6.45, 7) is 0. The monoisotopic (exact) mass is 375 g/mol. The van der Waals surface area contributed by atoms with Crippen molar-refractivity contribution in [2.45, 2.75) is 12.5 Å². The summed E-state index contributed by atoms with van der Waals surface area (Å²) in [6.07, 6.45) is 0.208. The third-order valence-electron chi connectivity index (χ3n) is 3.10. The molecule has 0 aliphatic rings. The molecule has 0 bridgehead atoms. The van der Waals surface area contributed by atoms with Crippen LogP contribution in [0.15, 0.2) is 34.8 Å². The fourth-order valence-electron chi connectivity index (χ4n) is 2.15. The third-order valence-corrected chi connectivity index (χ3v) is 3.79. The maximum absolute atomic E-state index is 13.9. The van der Waals surface area contributed by atoms with Crippen molar-refractivity contribution in [2.24, 2.45) is 5.73 Å². The maximum atomic E-state index is 13.9. The Labute approximate surface area is 135 Å². The molecule has 2 nitrogen and oxygen atoms in total. The van der Waals surface area contributed by atoms with Crippen molar-refractivity contribution in [3.63, 3.8) is 0 Å². The zero-order chi connectivity index (χ0) is 15.6. The van der Waals surface area contributed by atoms with E-state index in [2.05, 4.69) is 15.9 Å². The number of ether oxygens (including phenoxy) is 1. The van der Waals surface area contributed by atoms with Crippen molar-refractivity contribution < 1.29 is 13.5 Å². The molecular weight excluding hydrogens is 364 g/mol. The summed E-state index contributed by atoms with van der Waals surface area (Å²) in [5.41, 5.74) is 6.50. The molecule has 1 atom stereocenters. The second kappa shape index (κ2) is 6.73. The molecule has 2 N–H and O–H groups in total. The largest absolute Gasteiger partial charge is 0.496 e. The van der Waals surface area contributed by atoms with Gasteiger partial charge in [-0.3, -0.25) is 0 Å². The van der Waals surface area contributed by atoms with Gasteiger partial charge in [-0.15, -0.1) is 0 Å². The lowest BCUT2D eigenvalue weighted by Crippen LogP contribution is -2.17. The normalized spacial score (nSPS) is 12.3. The summed E-state index contributed by atoms with van der Waals surface area (Å²) >= 11 is 8.97. The Kier molecular flexibility index (Phi) is 5.19. The van der Waals surface area contributed by atoms with E-state index in [4.69, 9.17) is 22.1 Å². The van der Waals surface area contributed by atoms with Gasteiger partial charge in [0.15, 0.2) is 0 Å². The van der Waals surface area contributed by atoms with E-state index >= 15 is 0 Å². The zero-order valence-corrected chi connectivity index (χ0v) is 13.5. The smallest absolute Gasteiger partial charge is 0.132 e. The maximum Gasteiger partial charge on any atom is 0.132 e. The van der Waals surface area contributed by atoms with E-state index in [9.17, 15) is 8.78 Å². The summed E-state index contributed by atoms with van der Waals surface area (Å²) in [6, 6.07) is 6.58. The highest BCUT2D eigenvalue weighted by Crippen LogP contribution is 2.30. The lowest BCUT2D eigenvalue weighted by molar-refractivity contribution is 0.407. The highest BCUT2D eigenvalue weighted by atomic mass is 79.9. The van der Waals surface area contributed by atoms with Crippen molar-refractivity contribution in [3.8, 4) is 5.75 Å². The molecule has 21 heavy (non-hydrogen) atoms. The van der Waals surface area contributed by atoms with Crippen LogP contribution in [0.1, 0.15) is 17.2 Å². The minimum atomic E-state index is -0.842. The number of benzene rings is 2. The molecule has 0 aromatic heterocycles. The molecule has 0 fully saturated rings. The van der Waals surface area contributed by atoms with E-state index in [1.807, 2.05) is 0 Å². The van der Waals surface area contributed by atoms with Gasteiger partial charge < -0.3 is 10.5 Å². The van der Waals surface area contributed by atoms with Crippen LogP contribution in [0.25, 0.3) is 0 Å². The summed E-state index contributed by atoms with van der Waals surface area (Å²) in [5.74, 6) is -0.793. The SMILES string of the molecule is COc1ccc(Cl)cc1CC(N)c1c(F)cc(Br)cc1F. The first-order valence-electron chi connectivity index (χ1n) is 6.14. The predicted molar refractivity (Wildman–Crippen MR) is 82.7 cm³/mol. The molecule has 1 unspecified atom stereocenters. The Bertz CT molecular complexity index is 643. The second-order valence-corrected chi connectivity index (χ2v) is 5.90. The summed E-state index contributed by atoms with van der Waals surface area (Å²) in [7, 11) is 1.51. The van der Waals surface area contributed by atoms with Crippen LogP contribution in [0.4, 0.5) is 8.78 Å². The van der Waals surface area contributed by atoms with Crippen molar-refractivity contribution in [1.29, 1.82) is 0 Å². The number of nitrogens with two attached hydrogens (primary N) is 1. The van der Waals surface area contributed by atoms with Crippen molar-refractivity contribution in [1.82, 2.24) is 0 Å². The van der Waals surface area contributed by atoms with Crippen LogP contribution in [0, 0.1) is 11.6 Å². The minimum Gasteiger partial charge on any atom is -0.496 e. The van der Waals surface area contributed by atoms with Crippen molar-refractivity contribution >= 4 is 27.5 Å². The van der Waals surface area contributed by atoms with Crippen molar-refractivity contribution in [2.75, 3.05) is 7.11 Å². The quantitative estimate of drug-likeness (QED) is 0.844. The van der Waals surface area contributed by atoms with Gasteiger partial charge in [0.2, 0.25) is 0 Å². The standard InChI is InChI=1S/C15H13BrClF2NO/c1-21-14-3-2-10(17)4-8(14)5-13(20)15-11(18)6-9(16)7-12(15)19/h2-4,6-7,13H,5,20H2,1H3. The molecule has 2 aromatic carbocycles. The van der Waals surface area contributed by atoms with Crippen molar-refractivity contribution in [3.05, 3.63) is 62.6 Å². The minimum absolute atomic E-state index is 0.153. The molecule has 6 heteroatoms. The Morgan fingerprint density at radius 2 is 1.86 bits per heavy atom. The molecular formula is C15H13BrClF2NO. The molecule has 112 valence electrons. The lowest BCUT2D eigenvalue weighted by Gasteiger charge is -2.16. The van der Waals surface area contributed by atoms with Gasteiger partial charge in [0.05, 0.1) is 7.11 Å². The number of hydrogen-bond donors (Lipinski definition) is 1. The van der Waals surface area contributed by atoms with E-state index in [1.54, 1.807) is 18.2 Å². The first-order valence-corrected chi connectivity index (χ1v) is 7.32. The second-order valence-electron chi connectivity index (χ2n) is 4.55. The van der Waals surface area contributed by atoms with Crippen LogP contribution in [0.2, 0.25) is 5.02 Å². The van der Waals surface area contributed by atoms with Gasteiger partial charge in [0, 0.05) is 21.1 Å². The molecule has 0 aliphatic carbocycles. The average Bonchev–Trinajstić information content (AvgIpc) is 2.37. The van der Waals surface area contributed by atoms with E-state index in [0.717, 1.165) is 0 Å². The summed E-state index contributed by atoms with van der Waals surface area (Å²) < 4.78 is 33.4. The first-order chi connectivity index (χ1) is 9.92. The molecule has 0 radical (unpaired) electrons. The Morgan fingerprint density at radius 3 is 2.43 bits per heavy atom. The first kappa shape index (κ1) is 16.2. The number of halogens is 4. The molecule has 2 rings (SSSR count).